The molecule has 3 aromatic carbocycles. The van der Waals surface area contributed by atoms with Gasteiger partial charge in [-0.3, -0.25) is 9.59 Å². The van der Waals surface area contributed by atoms with Crippen molar-refractivity contribution in [2.45, 2.75) is 19.1 Å². The fraction of sp³-hybridized carbons (Fsp3) is 0.120. The average Bonchev–Trinajstić information content (AvgIpc) is 3.33. The Bertz CT molecular complexity index is 1160. The number of esters is 1. The molecule has 1 N–H and O–H groups in total. The van der Waals surface area contributed by atoms with Crippen molar-refractivity contribution < 1.29 is 18.7 Å². The van der Waals surface area contributed by atoms with Gasteiger partial charge in [0, 0.05) is 11.1 Å². The second-order valence-electron chi connectivity index (χ2n) is 7.03. The fourth-order valence-corrected chi connectivity index (χ4v) is 3.15. The fourth-order valence-electron chi connectivity index (χ4n) is 3.15. The van der Waals surface area contributed by atoms with Crippen LogP contribution in [-0.2, 0) is 16.1 Å². The standard InChI is InChI=1S/C25H21N3O4/c29-23(31-17-22-27-28-25(32-22)20-14-8-3-9-15-20)16-21(18-10-4-1-5-11-18)26-24(30)19-12-6-2-7-13-19/h1-15,21H,16-17H2,(H,26,30)/t21-/m1/s1. The van der Waals surface area contributed by atoms with Crippen LogP contribution >= 0.6 is 0 Å². The van der Waals surface area contributed by atoms with Crippen molar-refractivity contribution >= 4 is 11.9 Å². The highest BCUT2D eigenvalue weighted by molar-refractivity contribution is 5.94. The molecular formula is C25H21N3O4. The number of carbonyl (C=O) groups is 2. The van der Waals surface area contributed by atoms with Gasteiger partial charge in [0.05, 0.1) is 12.5 Å². The first-order valence-electron chi connectivity index (χ1n) is 10.1. The molecule has 160 valence electrons. The minimum atomic E-state index is -0.543. The van der Waals surface area contributed by atoms with Gasteiger partial charge in [-0.05, 0) is 29.8 Å². The summed E-state index contributed by atoms with van der Waals surface area (Å²) in [7, 11) is 0. The van der Waals surface area contributed by atoms with Gasteiger partial charge < -0.3 is 14.5 Å². The van der Waals surface area contributed by atoms with Crippen LogP contribution in [0.15, 0.2) is 95.4 Å². The largest absolute Gasteiger partial charge is 0.456 e. The van der Waals surface area contributed by atoms with E-state index < -0.39 is 12.0 Å². The quantitative estimate of drug-likeness (QED) is 0.420. The van der Waals surface area contributed by atoms with Gasteiger partial charge in [-0.15, -0.1) is 10.2 Å². The van der Waals surface area contributed by atoms with Crippen LogP contribution in [0.3, 0.4) is 0 Å². The summed E-state index contributed by atoms with van der Waals surface area (Å²) in [5.74, 6) is -0.209. The van der Waals surface area contributed by atoms with E-state index >= 15 is 0 Å². The van der Waals surface area contributed by atoms with E-state index in [0.29, 0.717) is 11.5 Å². The first kappa shape index (κ1) is 21.0. The number of nitrogens with zero attached hydrogens (tertiary/aromatic N) is 2. The molecule has 32 heavy (non-hydrogen) atoms. The molecule has 0 unspecified atom stereocenters. The molecule has 1 aromatic heterocycles. The number of nitrogens with one attached hydrogen (secondary N) is 1. The summed E-state index contributed by atoms with van der Waals surface area (Å²) < 4.78 is 10.9. The number of benzene rings is 3. The molecule has 0 aliphatic heterocycles. The van der Waals surface area contributed by atoms with Gasteiger partial charge in [0.15, 0.2) is 6.61 Å². The molecule has 4 aromatic rings. The molecule has 1 atom stereocenters. The third kappa shape index (κ3) is 5.46. The zero-order valence-corrected chi connectivity index (χ0v) is 17.2. The number of hydrogen-bond donors (Lipinski definition) is 1. The maximum absolute atomic E-state index is 12.6. The van der Waals surface area contributed by atoms with E-state index in [1.165, 1.54) is 0 Å². The first-order chi connectivity index (χ1) is 15.7. The van der Waals surface area contributed by atoms with Crippen LogP contribution in [0.5, 0.6) is 0 Å². The number of amides is 1. The highest BCUT2D eigenvalue weighted by Crippen LogP contribution is 2.20. The van der Waals surface area contributed by atoms with E-state index in [1.807, 2.05) is 66.7 Å². The van der Waals surface area contributed by atoms with Crippen LogP contribution in [0.2, 0.25) is 0 Å². The van der Waals surface area contributed by atoms with E-state index in [4.69, 9.17) is 9.15 Å². The molecule has 0 aliphatic carbocycles. The second-order valence-corrected chi connectivity index (χ2v) is 7.03. The molecule has 0 radical (unpaired) electrons. The second kappa shape index (κ2) is 10.2. The van der Waals surface area contributed by atoms with Gasteiger partial charge in [-0.1, -0.05) is 66.7 Å². The van der Waals surface area contributed by atoms with Crippen molar-refractivity contribution in [3.05, 3.63) is 108 Å². The van der Waals surface area contributed by atoms with Crippen LogP contribution in [-0.4, -0.2) is 22.1 Å². The Morgan fingerprint density at radius 1 is 0.844 bits per heavy atom. The van der Waals surface area contributed by atoms with Gasteiger partial charge in [-0.25, -0.2) is 0 Å². The molecule has 0 saturated carbocycles. The SMILES string of the molecule is O=C(C[C@@H](NC(=O)c1ccccc1)c1ccccc1)OCc1nnc(-c2ccccc2)o1. The average molecular weight is 427 g/mol. The summed E-state index contributed by atoms with van der Waals surface area (Å²) in [5.41, 5.74) is 2.10. The molecule has 0 aliphatic rings. The molecule has 0 spiro atoms. The number of rotatable bonds is 8. The molecule has 0 saturated heterocycles. The van der Waals surface area contributed by atoms with E-state index in [-0.39, 0.29) is 24.8 Å². The molecule has 4 rings (SSSR count). The molecular weight excluding hydrogens is 406 g/mol. The third-order valence-corrected chi connectivity index (χ3v) is 4.76. The van der Waals surface area contributed by atoms with Crippen molar-refractivity contribution in [1.29, 1.82) is 0 Å². The van der Waals surface area contributed by atoms with Crippen molar-refractivity contribution in [3.8, 4) is 11.5 Å². The smallest absolute Gasteiger partial charge is 0.308 e. The lowest BCUT2D eigenvalue weighted by molar-refractivity contribution is -0.146. The van der Waals surface area contributed by atoms with Crippen LogP contribution in [0.1, 0.15) is 34.3 Å². The topological polar surface area (TPSA) is 94.3 Å². The minimum Gasteiger partial charge on any atom is -0.456 e. The Morgan fingerprint density at radius 3 is 2.16 bits per heavy atom. The number of hydrogen-bond acceptors (Lipinski definition) is 6. The van der Waals surface area contributed by atoms with E-state index in [0.717, 1.165) is 11.1 Å². The van der Waals surface area contributed by atoms with Gasteiger partial charge >= 0.3 is 5.97 Å². The monoisotopic (exact) mass is 427 g/mol. The summed E-state index contributed by atoms with van der Waals surface area (Å²) in [5, 5.41) is 10.8. The lowest BCUT2D eigenvalue weighted by atomic mass is 10.0. The highest BCUT2D eigenvalue weighted by atomic mass is 16.5. The van der Waals surface area contributed by atoms with Gasteiger partial charge in [0.2, 0.25) is 5.89 Å². The van der Waals surface area contributed by atoms with Gasteiger partial charge in [-0.2, -0.15) is 0 Å². The van der Waals surface area contributed by atoms with E-state index in [9.17, 15) is 9.59 Å². The molecule has 7 nitrogen and oxygen atoms in total. The summed E-state index contributed by atoms with van der Waals surface area (Å²) in [6.45, 7) is -0.146. The first-order valence-corrected chi connectivity index (χ1v) is 10.1. The Balaban J connectivity index is 1.39. The van der Waals surface area contributed by atoms with E-state index in [1.54, 1.807) is 24.3 Å². The van der Waals surface area contributed by atoms with E-state index in [2.05, 4.69) is 15.5 Å². The highest BCUT2D eigenvalue weighted by Gasteiger charge is 2.21. The summed E-state index contributed by atoms with van der Waals surface area (Å²) >= 11 is 0. The Kier molecular flexibility index (Phi) is 6.67. The lowest BCUT2D eigenvalue weighted by Crippen LogP contribution is -2.30. The number of carbonyl (C=O) groups excluding carboxylic acids is 2. The van der Waals surface area contributed by atoms with Crippen molar-refractivity contribution in [1.82, 2.24) is 15.5 Å². The Hall–Kier alpha value is -4.26. The molecule has 0 bridgehead atoms. The normalized spacial score (nSPS) is 11.5. The molecule has 0 fully saturated rings. The number of ether oxygens (including phenoxy) is 1. The zero-order chi connectivity index (χ0) is 22.2. The maximum atomic E-state index is 12.6. The zero-order valence-electron chi connectivity index (χ0n) is 17.2. The van der Waals surface area contributed by atoms with Crippen LogP contribution in [0.25, 0.3) is 11.5 Å². The predicted octanol–water partition coefficient (Wildman–Crippen LogP) is 4.34. The predicted molar refractivity (Wildman–Crippen MR) is 117 cm³/mol. The van der Waals surface area contributed by atoms with Gasteiger partial charge in [0.25, 0.3) is 11.8 Å². The van der Waals surface area contributed by atoms with Crippen molar-refractivity contribution in [2.24, 2.45) is 0 Å². The van der Waals surface area contributed by atoms with Crippen LogP contribution in [0.4, 0.5) is 0 Å². The van der Waals surface area contributed by atoms with Crippen molar-refractivity contribution in [2.75, 3.05) is 0 Å². The summed E-state index contributed by atoms with van der Waals surface area (Å²) in [4.78, 5) is 25.2. The summed E-state index contributed by atoms with van der Waals surface area (Å²) in [6, 6.07) is 26.9. The number of aromatic nitrogens is 2. The third-order valence-electron chi connectivity index (χ3n) is 4.76. The molecule has 1 amide bonds. The summed E-state index contributed by atoms with van der Waals surface area (Å²) in [6.07, 6.45) is -0.0394. The minimum absolute atomic E-state index is 0.0394. The van der Waals surface area contributed by atoms with Crippen LogP contribution in [0, 0.1) is 0 Å². The Labute approximate surface area is 185 Å². The van der Waals surface area contributed by atoms with Crippen LogP contribution < -0.4 is 5.32 Å². The molecule has 1 heterocycles. The van der Waals surface area contributed by atoms with Gasteiger partial charge in [0.1, 0.15) is 0 Å². The van der Waals surface area contributed by atoms with Crippen molar-refractivity contribution in [3.63, 3.8) is 0 Å². The Morgan fingerprint density at radius 2 is 1.47 bits per heavy atom. The molecule has 7 heteroatoms. The lowest BCUT2D eigenvalue weighted by Gasteiger charge is -2.18. The maximum Gasteiger partial charge on any atom is 0.308 e.